The van der Waals surface area contributed by atoms with Crippen LogP contribution in [0.5, 0.6) is 0 Å². The highest BCUT2D eigenvalue weighted by Gasteiger charge is 1.94. The van der Waals surface area contributed by atoms with Crippen LogP contribution < -0.4 is 5.32 Å². The molecule has 2 nitrogen and oxygen atoms in total. The molecule has 0 aromatic rings. The van der Waals surface area contributed by atoms with E-state index >= 15 is 0 Å². The Labute approximate surface area is 88.5 Å². The van der Waals surface area contributed by atoms with Gasteiger partial charge in [0, 0.05) is 24.0 Å². The van der Waals surface area contributed by atoms with Crippen molar-refractivity contribution < 1.29 is 0 Å². The summed E-state index contributed by atoms with van der Waals surface area (Å²) >= 11 is 0. The molecule has 0 unspecified atom stereocenters. The summed E-state index contributed by atoms with van der Waals surface area (Å²) < 4.78 is 0. The van der Waals surface area contributed by atoms with E-state index < -0.39 is 0 Å². The van der Waals surface area contributed by atoms with Crippen molar-refractivity contribution in [1.29, 1.82) is 0 Å². The molecule has 82 valence electrons. The van der Waals surface area contributed by atoms with E-state index in [1.165, 1.54) is 5.70 Å². The third kappa shape index (κ3) is 7.84. The lowest BCUT2D eigenvalue weighted by Crippen LogP contribution is -2.20. The quantitative estimate of drug-likeness (QED) is 0.672. The van der Waals surface area contributed by atoms with Crippen molar-refractivity contribution in [2.45, 2.75) is 47.6 Å². The maximum atomic E-state index is 4.47. The fraction of sp³-hybridized carbons (Fsp3) is 0.750. The van der Waals surface area contributed by atoms with E-state index in [9.17, 15) is 0 Å². The van der Waals surface area contributed by atoms with Gasteiger partial charge in [0.15, 0.2) is 0 Å². The Morgan fingerprint density at radius 3 is 2.21 bits per heavy atom. The number of aliphatic imine (C=N–C) groups is 1. The number of rotatable bonds is 5. The van der Waals surface area contributed by atoms with Crippen LogP contribution in [0.3, 0.4) is 0 Å². The van der Waals surface area contributed by atoms with Gasteiger partial charge in [0.2, 0.25) is 0 Å². The fourth-order valence-electron chi connectivity index (χ4n) is 1.18. The average molecular weight is 196 g/mol. The Bertz CT molecular complexity index is 212. The lowest BCUT2D eigenvalue weighted by atomic mass is 10.2. The van der Waals surface area contributed by atoms with Crippen molar-refractivity contribution in [3.05, 3.63) is 11.8 Å². The largest absolute Gasteiger partial charge is 0.386 e. The Morgan fingerprint density at radius 2 is 1.79 bits per heavy atom. The minimum absolute atomic E-state index is 0.490. The summed E-state index contributed by atoms with van der Waals surface area (Å²) in [4.78, 5) is 4.47. The molecular formula is C12H24N2. The third-order valence-corrected chi connectivity index (χ3v) is 1.65. The number of hydrogen-bond donors (Lipinski definition) is 1. The summed E-state index contributed by atoms with van der Waals surface area (Å²) in [5, 5.41) is 3.34. The van der Waals surface area contributed by atoms with E-state index in [0.29, 0.717) is 12.0 Å². The molecule has 0 radical (unpaired) electrons. The summed E-state index contributed by atoms with van der Waals surface area (Å²) in [6, 6.07) is 0.490. The first-order chi connectivity index (χ1) is 6.41. The van der Waals surface area contributed by atoms with Gasteiger partial charge in [-0.1, -0.05) is 13.8 Å². The van der Waals surface area contributed by atoms with Gasteiger partial charge in [-0.15, -0.1) is 0 Å². The molecule has 14 heavy (non-hydrogen) atoms. The highest BCUT2D eigenvalue weighted by Crippen LogP contribution is 1.96. The zero-order valence-electron chi connectivity index (χ0n) is 10.4. The van der Waals surface area contributed by atoms with Gasteiger partial charge in [-0.2, -0.15) is 0 Å². The lowest BCUT2D eigenvalue weighted by molar-refractivity contribution is 0.663. The number of nitrogens with one attached hydrogen (secondary N) is 1. The molecule has 0 aliphatic carbocycles. The Hall–Kier alpha value is -0.790. The predicted octanol–water partition coefficient (Wildman–Crippen LogP) is 3.01. The SMILES string of the molecule is CC(=CC(C)=NCC(C)C)NC(C)C. The molecule has 0 aromatic heterocycles. The molecular weight excluding hydrogens is 172 g/mol. The first-order valence-electron chi connectivity index (χ1n) is 5.37. The maximum Gasteiger partial charge on any atom is 0.0415 e. The van der Waals surface area contributed by atoms with Crippen LogP contribution >= 0.6 is 0 Å². The summed E-state index contributed by atoms with van der Waals surface area (Å²) in [6.07, 6.45) is 2.10. The molecule has 0 aromatic carbocycles. The Balaban J connectivity index is 4.12. The first-order valence-corrected chi connectivity index (χ1v) is 5.37. The van der Waals surface area contributed by atoms with Crippen LogP contribution in [0.15, 0.2) is 16.8 Å². The maximum absolute atomic E-state index is 4.47. The molecule has 0 rings (SSSR count). The molecule has 0 spiro atoms. The van der Waals surface area contributed by atoms with Crippen LogP contribution in [-0.2, 0) is 0 Å². The van der Waals surface area contributed by atoms with E-state index in [0.717, 1.165) is 12.3 Å². The molecule has 0 fully saturated rings. The van der Waals surface area contributed by atoms with Crippen molar-refractivity contribution in [3.8, 4) is 0 Å². The molecule has 0 aliphatic rings. The molecule has 0 atom stereocenters. The van der Waals surface area contributed by atoms with Crippen molar-refractivity contribution in [2.75, 3.05) is 6.54 Å². The number of nitrogens with zero attached hydrogens (tertiary/aromatic N) is 1. The Kier molecular flexibility index (Phi) is 6.26. The van der Waals surface area contributed by atoms with Gasteiger partial charge < -0.3 is 5.32 Å². The minimum Gasteiger partial charge on any atom is -0.386 e. The van der Waals surface area contributed by atoms with Gasteiger partial charge in [0.25, 0.3) is 0 Å². The minimum atomic E-state index is 0.490. The van der Waals surface area contributed by atoms with Crippen molar-refractivity contribution in [3.63, 3.8) is 0 Å². The number of allylic oxidation sites excluding steroid dienone is 2. The van der Waals surface area contributed by atoms with E-state index in [1.54, 1.807) is 0 Å². The molecule has 0 saturated heterocycles. The Morgan fingerprint density at radius 1 is 1.21 bits per heavy atom. The normalized spacial score (nSPS) is 14.0. The highest BCUT2D eigenvalue weighted by atomic mass is 14.9. The molecule has 0 amide bonds. The van der Waals surface area contributed by atoms with E-state index in [-0.39, 0.29) is 0 Å². The molecule has 0 heterocycles. The van der Waals surface area contributed by atoms with Crippen LogP contribution in [0, 0.1) is 5.92 Å². The van der Waals surface area contributed by atoms with Crippen LogP contribution in [0.4, 0.5) is 0 Å². The second-order valence-electron chi connectivity index (χ2n) is 4.50. The van der Waals surface area contributed by atoms with Gasteiger partial charge in [0.05, 0.1) is 0 Å². The molecule has 0 bridgehead atoms. The third-order valence-electron chi connectivity index (χ3n) is 1.65. The van der Waals surface area contributed by atoms with Crippen LogP contribution in [-0.4, -0.2) is 18.3 Å². The van der Waals surface area contributed by atoms with Crippen molar-refractivity contribution in [2.24, 2.45) is 10.9 Å². The van der Waals surface area contributed by atoms with E-state index in [2.05, 4.69) is 51.0 Å². The van der Waals surface area contributed by atoms with Gasteiger partial charge in [0.1, 0.15) is 0 Å². The summed E-state index contributed by atoms with van der Waals surface area (Å²) in [7, 11) is 0. The average Bonchev–Trinajstić information content (AvgIpc) is 1.98. The van der Waals surface area contributed by atoms with Gasteiger partial charge in [-0.3, -0.25) is 4.99 Å². The number of hydrogen-bond acceptors (Lipinski definition) is 2. The van der Waals surface area contributed by atoms with Crippen LogP contribution in [0.2, 0.25) is 0 Å². The smallest absolute Gasteiger partial charge is 0.0415 e. The topological polar surface area (TPSA) is 24.4 Å². The second kappa shape index (κ2) is 6.63. The zero-order valence-corrected chi connectivity index (χ0v) is 10.4. The molecule has 0 aliphatic heterocycles. The zero-order chi connectivity index (χ0) is 11.1. The van der Waals surface area contributed by atoms with Gasteiger partial charge in [-0.05, 0) is 39.7 Å². The van der Waals surface area contributed by atoms with E-state index in [1.807, 2.05) is 6.92 Å². The molecule has 0 saturated carbocycles. The van der Waals surface area contributed by atoms with Crippen LogP contribution in [0.1, 0.15) is 41.5 Å². The van der Waals surface area contributed by atoms with Gasteiger partial charge in [-0.25, -0.2) is 0 Å². The lowest BCUT2D eigenvalue weighted by Gasteiger charge is -2.09. The van der Waals surface area contributed by atoms with Gasteiger partial charge >= 0.3 is 0 Å². The fourth-order valence-corrected chi connectivity index (χ4v) is 1.18. The summed E-state index contributed by atoms with van der Waals surface area (Å²) in [5.41, 5.74) is 2.29. The monoisotopic (exact) mass is 196 g/mol. The van der Waals surface area contributed by atoms with E-state index in [4.69, 9.17) is 0 Å². The first kappa shape index (κ1) is 13.2. The second-order valence-corrected chi connectivity index (χ2v) is 4.50. The summed E-state index contributed by atoms with van der Waals surface area (Å²) in [6.45, 7) is 13.7. The summed E-state index contributed by atoms with van der Waals surface area (Å²) in [5.74, 6) is 0.636. The standard InChI is InChI=1S/C12H24N2/c1-9(2)8-13-11(5)7-12(6)14-10(3)4/h7,9-10,14H,8H2,1-6H3. The van der Waals surface area contributed by atoms with Crippen LogP contribution in [0.25, 0.3) is 0 Å². The molecule has 1 N–H and O–H groups in total. The highest BCUT2D eigenvalue weighted by molar-refractivity contribution is 5.93. The molecule has 2 heteroatoms. The van der Waals surface area contributed by atoms with Crippen molar-refractivity contribution in [1.82, 2.24) is 5.32 Å². The van der Waals surface area contributed by atoms with Crippen molar-refractivity contribution >= 4 is 5.71 Å². The predicted molar refractivity (Wildman–Crippen MR) is 64.8 cm³/mol.